The van der Waals surface area contributed by atoms with Crippen LogP contribution >= 0.6 is 11.6 Å². The third kappa shape index (κ3) is 27.9. The van der Waals surface area contributed by atoms with Crippen molar-refractivity contribution in [1.29, 1.82) is 0 Å². The molecule has 82 heavy (non-hydrogen) atoms. The average Bonchev–Trinajstić information content (AvgIpc) is 4.13. The summed E-state index contributed by atoms with van der Waals surface area (Å²) in [5.74, 6) is -12.4. The molecule has 2 aliphatic heterocycles. The van der Waals surface area contributed by atoms with Crippen LogP contribution in [-0.4, -0.2) is 129 Å². The van der Waals surface area contributed by atoms with E-state index < -0.39 is 136 Å². The second-order valence-electron chi connectivity index (χ2n) is 20.0. The van der Waals surface area contributed by atoms with Crippen molar-refractivity contribution in [2.75, 3.05) is 13.2 Å². The van der Waals surface area contributed by atoms with E-state index in [2.05, 4.69) is 18.6 Å². The van der Waals surface area contributed by atoms with Crippen molar-refractivity contribution in [1.82, 2.24) is 0 Å². The third-order valence-corrected chi connectivity index (χ3v) is 13.4. The summed E-state index contributed by atoms with van der Waals surface area (Å²) in [5.41, 5.74) is -0.505. The molecular weight excluding hydrogens is 1100 g/mol. The first-order chi connectivity index (χ1) is 38.6. The highest BCUT2D eigenvalue weighted by Crippen LogP contribution is 2.37. The Morgan fingerprint density at radius 2 is 0.780 bits per heavy atom. The van der Waals surface area contributed by atoms with E-state index in [1.807, 2.05) is 0 Å². The summed E-state index contributed by atoms with van der Waals surface area (Å²) in [7, 11) is 0. The SMILES string of the molecule is C.CCCCCCCCCCCCCCCC(=O)OCC(O)C1OC(=O)C(O)=C1O.CCCCCCCCCCCCCCCC(=O)OCC(O)C1OC(=O)C(O)=C1OC(=O)c1cc(O)c(O)c(O)c1.O=C(Cl)c1cc(O)c(O)c(O)c1. The summed E-state index contributed by atoms with van der Waals surface area (Å²) < 4.78 is 24.4. The maximum Gasteiger partial charge on any atom is 0.378 e. The minimum absolute atomic E-state index is 0. The molecule has 0 amide bonds. The summed E-state index contributed by atoms with van der Waals surface area (Å²) in [4.78, 5) is 69.6. The molecule has 464 valence electrons. The van der Waals surface area contributed by atoms with E-state index in [1.165, 1.54) is 122 Å². The van der Waals surface area contributed by atoms with Gasteiger partial charge in [0, 0.05) is 18.4 Å². The standard InChI is InChI=1S/C29H42O11.C22H38O7.C7H5ClO4.CH4/c1-2-3-4-5-6-7-8-9-10-11-12-13-14-15-23(33)38-18-22(32)26-27(25(35)29(37)39-26)40-28(36)19-16-20(30)24(34)21(31)17-19;1-2-3-4-5-6-7-8-9-10-11-12-13-14-15-18(24)28-16-17(23)21-19(25)20(26)22(27)29-21;8-7(12)3-1-4(9)6(11)5(10)2-3;/h16-17,22,26,30-32,34-35H,2-15,18H2,1H3;17,21,23,25-26H,2-16H2,1H3;1-2,9-11H;1H4. The van der Waals surface area contributed by atoms with E-state index in [0.717, 1.165) is 62.8 Å². The highest BCUT2D eigenvalue weighted by Gasteiger charge is 2.43. The van der Waals surface area contributed by atoms with E-state index in [1.54, 1.807) is 0 Å². The molecule has 2 aromatic rings. The topological polar surface area (TPSA) is 371 Å². The van der Waals surface area contributed by atoms with Gasteiger partial charge in [-0.1, -0.05) is 175 Å². The Kier molecular flexibility index (Phi) is 37.0. The first-order valence-electron chi connectivity index (χ1n) is 28.2. The number of unbranched alkanes of at least 4 members (excludes halogenated alkanes) is 24. The smallest absolute Gasteiger partial charge is 0.378 e. The van der Waals surface area contributed by atoms with Crippen LogP contribution in [0.3, 0.4) is 0 Å². The van der Waals surface area contributed by atoms with E-state index in [9.17, 15) is 69.6 Å². The van der Waals surface area contributed by atoms with Gasteiger partial charge in [-0.25, -0.2) is 14.4 Å². The maximum atomic E-state index is 12.4. The molecular formula is C59H89ClO22. The van der Waals surface area contributed by atoms with E-state index >= 15 is 0 Å². The number of ether oxygens (including phenoxy) is 5. The van der Waals surface area contributed by atoms with E-state index in [4.69, 9.17) is 45.9 Å². The molecule has 4 atom stereocenters. The molecule has 0 radical (unpaired) electrons. The number of phenols is 6. The Morgan fingerprint density at radius 3 is 1.11 bits per heavy atom. The van der Waals surface area contributed by atoms with Gasteiger partial charge < -0.3 is 79.9 Å². The second-order valence-corrected chi connectivity index (χ2v) is 20.3. The maximum absolute atomic E-state index is 12.4. The van der Waals surface area contributed by atoms with Crippen molar-refractivity contribution in [2.45, 2.75) is 225 Å². The lowest BCUT2D eigenvalue weighted by molar-refractivity contribution is -0.156. The molecule has 22 nitrogen and oxygen atoms in total. The number of benzene rings is 2. The predicted octanol–water partition coefficient (Wildman–Crippen LogP) is 11.5. The molecule has 0 saturated heterocycles. The minimum atomic E-state index is -1.64. The number of rotatable bonds is 37. The van der Waals surface area contributed by atoms with Crippen molar-refractivity contribution in [2.24, 2.45) is 0 Å². The summed E-state index contributed by atoms with van der Waals surface area (Å²) in [6.45, 7) is 3.47. The number of esters is 5. The van der Waals surface area contributed by atoms with Crippen LogP contribution in [0.5, 0.6) is 34.5 Å². The van der Waals surface area contributed by atoms with Gasteiger partial charge in [-0.2, -0.15) is 0 Å². The van der Waals surface area contributed by atoms with Gasteiger partial charge in [-0.05, 0) is 48.7 Å². The van der Waals surface area contributed by atoms with Crippen LogP contribution in [0, 0.1) is 0 Å². The van der Waals surface area contributed by atoms with Gasteiger partial charge in [0.1, 0.15) is 25.4 Å². The number of carbonyl (C=O) groups is 6. The molecule has 0 bridgehead atoms. The van der Waals surface area contributed by atoms with Crippen LogP contribution < -0.4 is 0 Å². The number of hydrogen-bond donors (Lipinski definition) is 11. The van der Waals surface area contributed by atoms with Gasteiger partial charge >= 0.3 is 29.8 Å². The van der Waals surface area contributed by atoms with Crippen LogP contribution in [0.2, 0.25) is 0 Å². The molecule has 11 N–H and O–H groups in total. The molecule has 2 aromatic carbocycles. The van der Waals surface area contributed by atoms with Gasteiger partial charge in [-0.3, -0.25) is 14.4 Å². The molecule has 2 heterocycles. The van der Waals surface area contributed by atoms with Crippen LogP contribution in [0.25, 0.3) is 0 Å². The molecule has 0 saturated carbocycles. The zero-order valence-electron chi connectivity index (χ0n) is 46.6. The number of aliphatic hydroxyl groups excluding tert-OH is 5. The van der Waals surface area contributed by atoms with Gasteiger partial charge in [-0.15, -0.1) is 0 Å². The summed E-state index contributed by atoms with van der Waals surface area (Å²) in [6, 6.07) is 3.50. The second kappa shape index (κ2) is 41.4. The van der Waals surface area contributed by atoms with Crippen LogP contribution in [0.1, 0.15) is 222 Å². The predicted molar refractivity (Wildman–Crippen MR) is 301 cm³/mol. The Labute approximate surface area is 485 Å². The quantitative estimate of drug-likeness (QED) is 0.00984. The third-order valence-electron chi connectivity index (χ3n) is 13.2. The molecule has 0 spiro atoms. The molecule has 4 rings (SSSR count). The van der Waals surface area contributed by atoms with Gasteiger partial charge in [0.15, 0.2) is 52.5 Å². The van der Waals surface area contributed by atoms with Gasteiger partial charge in [0.05, 0.1) is 5.56 Å². The Bertz CT molecular complexity index is 2300. The van der Waals surface area contributed by atoms with Crippen LogP contribution in [0.4, 0.5) is 0 Å². The lowest BCUT2D eigenvalue weighted by Gasteiger charge is -2.19. The number of aliphatic hydroxyl groups is 5. The lowest BCUT2D eigenvalue weighted by atomic mass is 10.0. The Balaban J connectivity index is 0.000000695. The minimum Gasteiger partial charge on any atom is -0.505 e. The van der Waals surface area contributed by atoms with Crippen LogP contribution in [-0.2, 0) is 42.9 Å². The van der Waals surface area contributed by atoms with Crippen molar-refractivity contribution in [3.05, 3.63) is 58.4 Å². The lowest BCUT2D eigenvalue weighted by Crippen LogP contribution is -2.34. The highest BCUT2D eigenvalue weighted by atomic mass is 35.5. The van der Waals surface area contributed by atoms with Crippen molar-refractivity contribution in [3.63, 3.8) is 0 Å². The molecule has 23 heteroatoms. The molecule has 0 aliphatic carbocycles. The number of carbonyl (C=O) groups excluding carboxylic acids is 6. The fourth-order valence-corrected chi connectivity index (χ4v) is 8.50. The van der Waals surface area contributed by atoms with E-state index in [-0.39, 0.29) is 25.8 Å². The average molecular weight is 1190 g/mol. The highest BCUT2D eigenvalue weighted by molar-refractivity contribution is 6.67. The molecule has 4 unspecified atom stereocenters. The first kappa shape index (κ1) is 73.4. The number of hydrogen-bond acceptors (Lipinski definition) is 22. The van der Waals surface area contributed by atoms with Gasteiger partial charge in [0.2, 0.25) is 17.3 Å². The fraction of sp³-hybridized carbons (Fsp3) is 0.627. The van der Waals surface area contributed by atoms with Crippen molar-refractivity contribution in [3.8, 4) is 34.5 Å². The summed E-state index contributed by atoms with van der Waals surface area (Å²) >= 11 is 5.06. The first-order valence-corrected chi connectivity index (χ1v) is 28.6. The van der Waals surface area contributed by atoms with Gasteiger partial charge in [0.25, 0.3) is 5.24 Å². The molecule has 0 aromatic heterocycles. The number of cyclic esters (lactones) is 2. The summed E-state index contributed by atoms with van der Waals surface area (Å²) in [5, 5.41) is 103. The normalized spacial score (nSPS) is 15.2. The van der Waals surface area contributed by atoms with Crippen LogP contribution in [0.15, 0.2) is 47.3 Å². The largest absolute Gasteiger partial charge is 0.505 e. The number of halogens is 1. The monoisotopic (exact) mass is 1180 g/mol. The Morgan fingerprint density at radius 1 is 0.476 bits per heavy atom. The number of phenolic OH excluding ortho intramolecular Hbond substituents is 6. The summed E-state index contributed by atoms with van der Waals surface area (Å²) in [6.07, 6.45) is 25.5. The Hall–Kier alpha value is -6.65. The zero-order valence-corrected chi connectivity index (χ0v) is 47.4. The van der Waals surface area contributed by atoms with Crippen molar-refractivity contribution >= 4 is 46.7 Å². The van der Waals surface area contributed by atoms with E-state index in [0.29, 0.717) is 6.42 Å². The van der Waals surface area contributed by atoms with Crippen molar-refractivity contribution < 1.29 is 109 Å². The zero-order chi connectivity index (χ0) is 60.3. The fourth-order valence-electron chi connectivity index (χ4n) is 8.40. The number of aromatic hydroxyl groups is 6. The molecule has 2 aliphatic rings. The molecule has 0 fully saturated rings.